The van der Waals surface area contributed by atoms with Crippen LogP contribution in [0.2, 0.25) is 0 Å². The van der Waals surface area contributed by atoms with E-state index in [2.05, 4.69) is 0 Å². The summed E-state index contributed by atoms with van der Waals surface area (Å²) in [6.45, 7) is 3.90. The van der Waals surface area contributed by atoms with Gasteiger partial charge < -0.3 is 9.79 Å². The largest absolute Gasteiger partial charge is 0.329 e. The molecule has 72 valence electrons. The minimum absolute atomic E-state index is 0.173. The van der Waals surface area contributed by atoms with E-state index in [9.17, 15) is 4.57 Å². The monoisotopic (exact) mass is 200 g/mol. The second-order valence-corrected chi connectivity index (χ2v) is 4.89. The van der Waals surface area contributed by atoms with Crippen molar-refractivity contribution in [3.05, 3.63) is 34.9 Å². The molecule has 0 saturated carbocycles. The van der Waals surface area contributed by atoms with E-state index in [-0.39, 0.29) is 6.16 Å². The average molecular weight is 200 g/mol. The Hall–Kier alpha value is -0.630. The Morgan fingerprint density at radius 1 is 1.23 bits per heavy atom. The SMILES string of the molecule is Cc1ccc(CP(=O)(O)O)cc1C. The molecule has 0 bridgehead atoms. The smallest absolute Gasteiger partial charge is 0.324 e. The molecule has 1 rings (SSSR count). The normalized spacial score (nSPS) is 11.7. The van der Waals surface area contributed by atoms with Crippen molar-refractivity contribution < 1.29 is 14.4 Å². The topological polar surface area (TPSA) is 57.5 Å². The summed E-state index contributed by atoms with van der Waals surface area (Å²) < 4.78 is 10.7. The van der Waals surface area contributed by atoms with Gasteiger partial charge in [-0.15, -0.1) is 0 Å². The molecule has 3 nitrogen and oxygen atoms in total. The van der Waals surface area contributed by atoms with Gasteiger partial charge in [-0.05, 0) is 30.5 Å². The maximum atomic E-state index is 10.7. The lowest BCUT2D eigenvalue weighted by Crippen LogP contribution is -1.89. The number of aryl methyl sites for hydroxylation is 2. The van der Waals surface area contributed by atoms with Crippen molar-refractivity contribution in [1.82, 2.24) is 0 Å². The molecule has 0 atom stereocenters. The lowest BCUT2D eigenvalue weighted by atomic mass is 10.1. The van der Waals surface area contributed by atoms with Gasteiger partial charge in [0.15, 0.2) is 0 Å². The van der Waals surface area contributed by atoms with Crippen LogP contribution in [0.25, 0.3) is 0 Å². The van der Waals surface area contributed by atoms with Crippen molar-refractivity contribution in [3.63, 3.8) is 0 Å². The van der Waals surface area contributed by atoms with Crippen LogP contribution in [-0.4, -0.2) is 9.79 Å². The fourth-order valence-electron chi connectivity index (χ4n) is 1.14. The molecular weight excluding hydrogens is 187 g/mol. The van der Waals surface area contributed by atoms with Crippen LogP contribution in [0.1, 0.15) is 16.7 Å². The molecule has 0 aliphatic carbocycles. The predicted octanol–water partition coefficient (Wildman–Crippen LogP) is 1.98. The lowest BCUT2D eigenvalue weighted by Gasteiger charge is -2.06. The minimum Gasteiger partial charge on any atom is -0.324 e. The van der Waals surface area contributed by atoms with Crippen LogP contribution in [-0.2, 0) is 10.7 Å². The quantitative estimate of drug-likeness (QED) is 0.717. The zero-order valence-electron chi connectivity index (χ0n) is 7.69. The van der Waals surface area contributed by atoms with Gasteiger partial charge in [0.25, 0.3) is 0 Å². The molecule has 0 aromatic heterocycles. The zero-order chi connectivity index (χ0) is 10.1. The molecule has 0 aliphatic rings. The number of hydrogen-bond donors (Lipinski definition) is 2. The van der Waals surface area contributed by atoms with Crippen LogP contribution in [0.3, 0.4) is 0 Å². The highest BCUT2D eigenvalue weighted by atomic mass is 31.2. The third-order valence-corrected chi connectivity index (χ3v) is 2.74. The molecule has 0 fully saturated rings. The third kappa shape index (κ3) is 3.31. The van der Waals surface area contributed by atoms with E-state index in [0.717, 1.165) is 11.1 Å². The molecule has 0 amide bonds. The predicted molar refractivity (Wildman–Crippen MR) is 51.7 cm³/mol. The van der Waals surface area contributed by atoms with E-state index in [4.69, 9.17) is 9.79 Å². The van der Waals surface area contributed by atoms with Crippen LogP contribution in [0.5, 0.6) is 0 Å². The summed E-state index contributed by atoms with van der Waals surface area (Å²) in [6.07, 6.45) is -0.173. The molecule has 0 spiro atoms. The van der Waals surface area contributed by atoms with Gasteiger partial charge in [-0.1, -0.05) is 18.2 Å². The third-order valence-electron chi connectivity index (χ3n) is 1.96. The van der Waals surface area contributed by atoms with Crippen LogP contribution in [0.4, 0.5) is 0 Å². The molecule has 0 radical (unpaired) electrons. The van der Waals surface area contributed by atoms with Crippen molar-refractivity contribution >= 4 is 7.60 Å². The van der Waals surface area contributed by atoms with Crippen LogP contribution in [0, 0.1) is 13.8 Å². The van der Waals surface area contributed by atoms with Crippen LogP contribution >= 0.6 is 7.60 Å². The Labute approximate surface area is 77.6 Å². The Morgan fingerprint density at radius 3 is 2.31 bits per heavy atom. The maximum absolute atomic E-state index is 10.7. The van der Waals surface area contributed by atoms with Gasteiger partial charge in [-0.2, -0.15) is 0 Å². The van der Waals surface area contributed by atoms with E-state index >= 15 is 0 Å². The summed E-state index contributed by atoms with van der Waals surface area (Å²) in [6, 6.07) is 5.44. The summed E-state index contributed by atoms with van der Waals surface area (Å²) in [5, 5.41) is 0. The Kier molecular flexibility index (Phi) is 2.91. The fourth-order valence-corrected chi connectivity index (χ4v) is 1.81. The summed E-state index contributed by atoms with van der Waals surface area (Å²) in [4.78, 5) is 17.5. The highest BCUT2D eigenvalue weighted by molar-refractivity contribution is 7.50. The first-order chi connectivity index (χ1) is 5.88. The first-order valence-electron chi connectivity index (χ1n) is 3.99. The van der Waals surface area contributed by atoms with E-state index in [1.165, 1.54) is 0 Å². The Morgan fingerprint density at radius 2 is 1.85 bits per heavy atom. The van der Waals surface area contributed by atoms with Crippen LogP contribution in [0.15, 0.2) is 18.2 Å². The Balaban J connectivity index is 2.92. The highest BCUT2D eigenvalue weighted by Gasteiger charge is 2.13. The molecule has 0 saturated heterocycles. The summed E-state index contributed by atoms with van der Waals surface area (Å²) in [5.41, 5.74) is 2.89. The van der Waals surface area contributed by atoms with Crippen LogP contribution < -0.4 is 0 Å². The van der Waals surface area contributed by atoms with Crippen molar-refractivity contribution in [2.45, 2.75) is 20.0 Å². The molecule has 2 N–H and O–H groups in total. The van der Waals surface area contributed by atoms with E-state index in [1.807, 2.05) is 26.0 Å². The maximum Gasteiger partial charge on any atom is 0.329 e. The molecule has 1 aromatic rings. The van der Waals surface area contributed by atoms with Gasteiger partial charge in [-0.25, -0.2) is 0 Å². The molecule has 1 aromatic carbocycles. The Bertz CT molecular complexity index is 354. The zero-order valence-corrected chi connectivity index (χ0v) is 8.58. The first kappa shape index (κ1) is 10.5. The van der Waals surface area contributed by atoms with Crippen molar-refractivity contribution in [2.75, 3.05) is 0 Å². The number of hydrogen-bond acceptors (Lipinski definition) is 1. The molecule has 0 unspecified atom stereocenters. The molecular formula is C9H13O3P. The minimum atomic E-state index is -3.92. The van der Waals surface area contributed by atoms with Gasteiger partial charge in [0.1, 0.15) is 0 Å². The number of benzene rings is 1. The summed E-state index contributed by atoms with van der Waals surface area (Å²) in [7, 11) is -3.92. The van der Waals surface area contributed by atoms with Gasteiger partial charge in [0, 0.05) is 0 Å². The van der Waals surface area contributed by atoms with E-state index < -0.39 is 7.60 Å². The molecule has 0 heterocycles. The second-order valence-electron chi connectivity index (χ2n) is 3.24. The van der Waals surface area contributed by atoms with Gasteiger partial charge in [-0.3, -0.25) is 4.57 Å². The molecule has 0 aliphatic heterocycles. The summed E-state index contributed by atoms with van der Waals surface area (Å²) >= 11 is 0. The second kappa shape index (κ2) is 3.62. The molecule has 13 heavy (non-hydrogen) atoms. The fraction of sp³-hybridized carbons (Fsp3) is 0.333. The lowest BCUT2D eigenvalue weighted by molar-refractivity contribution is 0.371. The molecule has 4 heteroatoms. The van der Waals surface area contributed by atoms with Crippen molar-refractivity contribution in [2.24, 2.45) is 0 Å². The number of rotatable bonds is 2. The van der Waals surface area contributed by atoms with E-state index in [1.54, 1.807) is 6.07 Å². The van der Waals surface area contributed by atoms with Gasteiger partial charge in [0.05, 0.1) is 6.16 Å². The van der Waals surface area contributed by atoms with Crippen molar-refractivity contribution in [1.29, 1.82) is 0 Å². The van der Waals surface area contributed by atoms with E-state index in [0.29, 0.717) is 5.56 Å². The first-order valence-corrected chi connectivity index (χ1v) is 5.79. The average Bonchev–Trinajstić information content (AvgIpc) is 1.94. The summed E-state index contributed by atoms with van der Waals surface area (Å²) in [5.74, 6) is 0. The van der Waals surface area contributed by atoms with Crippen molar-refractivity contribution in [3.8, 4) is 0 Å². The van der Waals surface area contributed by atoms with Gasteiger partial charge in [0.2, 0.25) is 0 Å². The highest BCUT2D eigenvalue weighted by Crippen LogP contribution is 2.39. The van der Waals surface area contributed by atoms with Gasteiger partial charge >= 0.3 is 7.60 Å². The standard InChI is InChI=1S/C9H13O3P/c1-7-3-4-9(5-8(7)2)6-13(10,11)12/h3-5H,6H2,1-2H3,(H2,10,11,12).